The molecule has 0 aliphatic carbocycles. The lowest BCUT2D eigenvalue weighted by Crippen LogP contribution is -2.47. The van der Waals surface area contributed by atoms with Crippen molar-refractivity contribution >= 4 is 6.03 Å². The third kappa shape index (κ3) is 4.35. The van der Waals surface area contributed by atoms with Crippen molar-refractivity contribution in [3.05, 3.63) is 0 Å². The monoisotopic (exact) mass is 283 g/mol. The molecule has 2 aliphatic rings. The van der Waals surface area contributed by atoms with E-state index in [2.05, 4.69) is 17.1 Å². The first-order valence-electron chi connectivity index (χ1n) is 8.09. The summed E-state index contributed by atoms with van der Waals surface area (Å²) < 4.78 is 0. The van der Waals surface area contributed by atoms with Gasteiger partial charge in [-0.25, -0.2) is 4.79 Å². The summed E-state index contributed by atoms with van der Waals surface area (Å²) in [5, 5.41) is 12.3. The molecule has 0 bridgehead atoms. The summed E-state index contributed by atoms with van der Waals surface area (Å²) in [6, 6.07) is 0.0529. The van der Waals surface area contributed by atoms with Gasteiger partial charge in [0.2, 0.25) is 0 Å². The Morgan fingerprint density at radius 3 is 2.85 bits per heavy atom. The van der Waals surface area contributed by atoms with Crippen LogP contribution in [0, 0.1) is 11.8 Å². The van der Waals surface area contributed by atoms with Gasteiger partial charge in [0.1, 0.15) is 0 Å². The largest absolute Gasteiger partial charge is 0.396 e. The summed E-state index contributed by atoms with van der Waals surface area (Å²) in [5.74, 6) is 0.866. The fraction of sp³-hybridized carbons (Fsp3) is 0.933. The Bertz CT molecular complexity index is 311. The van der Waals surface area contributed by atoms with Crippen molar-refractivity contribution in [2.75, 3.05) is 45.9 Å². The number of carbonyl (C=O) groups is 1. The zero-order valence-electron chi connectivity index (χ0n) is 12.7. The molecule has 0 aromatic carbocycles. The number of aliphatic hydroxyl groups excluding tert-OH is 1. The number of carbonyl (C=O) groups excluding carboxylic acids is 1. The van der Waals surface area contributed by atoms with E-state index in [1.165, 1.54) is 25.9 Å². The maximum Gasteiger partial charge on any atom is 0.317 e. The standard InChI is InChI=1S/C15H29N3O2/c1-2-6-17-8-5-13(10-17)9-16-15(20)18-7-3-4-14(11-18)12-19/h13-14,19H,2-12H2,1H3,(H,16,20). The van der Waals surface area contributed by atoms with Gasteiger partial charge in [0.15, 0.2) is 0 Å². The topological polar surface area (TPSA) is 55.8 Å². The van der Waals surface area contributed by atoms with Gasteiger partial charge in [-0.3, -0.25) is 0 Å². The molecule has 2 heterocycles. The van der Waals surface area contributed by atoms with Gasteiger partial charge in [-0.1, -0.05) is 6.92 Å². The van der Waals surface area contributed by atoms with Crippen LogP contribution in [0.5, 0.6) is 0 Å². The van der Waals surface area contributed by atoms with Gasteiger partial charge in [-0.2, -0.15) is 0 Å². The molecular formula is C15H29N3O2. The number of hydrogen-bond acceptors (Lipinski definition) is 3. The number of amides is 2. The molecule has 20 heavy (non-hydrogen) atoms. The van der Waals surface area contributed by atoms with E-state index < -0.39 is 0 Å². The molecule has 0 saturated carbocycles. The average molecular weight is 283 g/mol. The van der Waals surface area contributed by atoms with Gasteiger partial charge >= 0.3 is 6.03 Å². The molecule has 2 rings (SSSR count). The van der Waals surface area contributed by atoms with Crippen LogP contribution in [0.1, 0.15) is 32.6 Å². The number of hydrogen-bond donors (Lipinski definition) is 2. The highest BCUT2D eigenvalue weighted by molar-refractivity contribution is 5.74. The van der Waals surface area contributed by atoms with Crippen LogP contribution < -0.4 is 5.32 Å². The molecule has 2 amide bonds. The first-order valence-corrected chi connectivity index (χ1v) is 8.09. The average Bonchev–Trinajstić information content (AvgIpc) is 2.93. The Kier molecular flexibility index (Phi) is 6.10. The molecule has 2 atom stereocenters. The van der Waals surface area contributed by atoms with Gasteiger partial charge in [0.05, 0.1) is 0 Å². The van der Waals surface area contributed by atoms with E-state index in [-0.39, 0.29) is 18.6 Å². The number of likely N-dealkylation sites (tertiary alicyclic amines) is 2. The molecule has 0 radical (unpaired) electrons. The fourth-order valence-corrected chi connectivity index (χ4v) is 3.34. The van der Waals surface area contributed by atoms with Crippen LogP contribution in [0.15, 0.2) is 0 Å². The van der Waals surface area contributed by atoms with Crippen LogP contribution in [0.4, 0.5) is 4.79 Å². The lowest BCUT2D eigenvalue weighted by atomic mass is 9.99. The molecule has 0 spiro atoms. The van der Waals surface area contributed by atoms with Gasteiger partial charge in [-0.15, -0.1) is 0 Å². The number of nitrogens with zero attached hydrogens (tertiary/aromatic N) is 2. The van der Waals surface area contributed by atoms with Gasteiger partial charge in [-0.05, 0) is 50.6 Å². The normalized spacial score (nSPS) is 27.8. The van der Waals surface area contributed by atoms with Crippen LogP contribution >= 0.6 is 0 Å². The number of piperidine rings is 1. The number of urea groups is 1. The van der Waals surface area contributed by atoms with Crippen LogP contribution in [0.3, 0.4) is 0 Å². The van der Waals surface area contributed by atoms with Crippen molar-refractivity contribution in [1.82, 2.24) is 15.1 Å². The Morgan fingerprint density at radius 1 is 1.25 bits per heavy atom. The Labute approximate surface area is 122 Å². The predicted octanol–water partition coefficient (Wildman–Crippen LogP) is 1.13. The Balaban J connectivity index is 1.67. The lowest BCUT2D eigenvalue weighted by molar-refractivity contribution is 0.129. The first kappa shape index (κ1) is 15.6. The molecular weight excluding hydrogens is 254 g/mol. The molecule has 2 unspecified atom stereocenters. The van der Waals surface area contributed by atoms with Crippen molar-refractivity contribution in [2.45, 2.75) is 32.6 Å². The van der Waals surface area contributed by atoms with Crippen LogP contribution in [0.25, 0.3) is 0 Å². The molecule has 2 aliphatic heterocycles. The molecule has 2 fully saturated rings. The maximum absolute atomic E-state index is 12.1. The minimum absolute atomic E-state index is 0.0529. The van der Waals surface area contributed by atoms with Crippen molar-refractivity contribution in [3.8, 4) is 0 Å². The lowest BCUT2D eigenvalue weighted by Gasteiger charge is -2.32. The SMILES string of the molecule is CCCN1CCC(CNC(=O)N2CCCC(CO)C2)C1. The van der Waals surface area contributed by atoms with Crippen molar-refractivity contribution in [3.63, 3.8) is 0 Å². The number of aliphatic hydroxyl groups is 1. The molecule has 2 N–H and O–H groups in total. The van der Waals surface area contributed by atoms with E-state index >= 15 is 0 Å². The van der Waals surface area contributed by atoms with Gasteiger partial charge < -0.3 is 20.2 Å². The zero-order valence-corrected chi connectivity index (χ0v) is 12.7. The van der Waals surface area contributed by atoms with Gasteiger partial charge in [0.25, 0.3) is 0 Å². The summed E-state index contributed by atoms with van der Waals surface area (Å²) in [6.07, 6.45) is 4.44. The van der Waals surface area contributed by atoms with Crippen molar-refractivity contribution in [2.24, 2.45) is 11.8 Å². The minimum atomic E-state index is 0.0529. The summed E-state index contributed by atoms with van der Waals surface area (Å²) in [7, 11) is 0. The second kappa shape index (κ2) is 7.84. The van der Waals surface area contributed by atoms with E-state index in [4.69, 9.17) is 0 Å². The molecule has 0 aromatic rings. The van der Waals surface area contributed by atoms with Gasteiger partial charge in [0, 0.05) is 32.8 Å². The van der Waals surface area contributed by atoms with E-state index in [0.717, 1.165) is 32.5 Å². The van der Waals surface area contributed by atoms with E-state index in [9.17, 15) is 9.90 Å². The minimum Gasteiger partial charge on any atom is -0.396 e. The Morgan fingerprint density at radius 2 is 2.10 bits per heavy atom. The van der Waals surface area contributed by atoms with E-state index in [1.807, 2.05) is 4.90 Å². The summed E-state index contributed by atoms with van der Waals surface area (Å²) in [6.45, 7) is 8.19. The predicted molar refractivity (Wildman–Crippen MR) is 79.6 cm³/mol. The van der Waals surface area contributed by atoms with Crippen LogP contribution in [0.2, 0.25) is 0 Å². The third-order valence-electron chi connectivity index (χ3n) is 4.52. The van der Waals surface area contributed by atoms with E-state index in [1.54, 1.807) is 0 Å². The van der Waals surface area contributed by atoms with Crippen LogP contribution in [-0.4, -0.2) is 66.8 Å². The molecule has 5 nitrogen and oxygen atoms in total. The summed E-state index contributed by atoms with van der Waals surface area (Å²) in [5.41, 5.74) is 0. The second-order valence-corrected chi connectivity index (χ2v) is 6.28. The molecule has 116 valence electrons. The smallest absolute Gasteiger partial charge is 0.317 e. The third-order valence-corrected chi connectivity index (χ3v) is 4.52. The number of nitrogens with one attached hydrogen (secondary N) is 1. The molecule has 2 saturated heterocycles. The first-order chi connectivity index (χ1) is 9.72. The summed E-state index contributed by atoms with van der Waals surface area (Å²) >= 11 is 0. The zero-order chi connectivity index (χ0) is 14.4. The van der Waals surface area contributed by atoms with Crippen LogP contribution in [-0.2, 0) is 0 Å². The fourth-order valence-electron chi connectivity index (χ4n) is 3.34. The highest BCUT2D eigenvalue weighted by Crippen LogP contribution is 2.17. The molecule has 0 aromatic heterocycles. The Hall–Kier alpha value is -0.810. The second-order valence-electron chi connectivity index (χ2n) is 6.28. The highest BCUT2D eigenvalue weighted by Gasteiger charge is 2.25. The summed E-state index contributed by atoms with van der Waals surface area (Å²) in [4.78, 5) is 16.5. The van der Waals surface area contributed by atoms with Crippen molar-refractivity contribution < 1.29 is 9.90 Å². The number of rotatable bonds is 5. The quantitative estimate of drug-likeness (QED) is 0.795. The maximum atomic E-state index is 12.1. The van der Waals surface area contributed by atoms with E-state index in [0.29, 0.717) is 12.5 Å². The highest BCUT2D eigenvalue weighted by atomic mass is 16.3. The molecule has 5 heteroatoms. The van der Waals surface area contributed by atoms with Crippen molar-refractivity contribution in [1.29, 1.82) is 0 Å².